The van der Waals surface area contributed by atoms with Crippen molar-refractivity contribution in [3.8, 4) is 0 Å². The molecule has 0 spiro atoms. The molecule has 1 saturated carbocycles. The normalized spacial score (nSPS) is 15.4. The highest BCUT2D eigenvalue weighted by Gasteiger charge is 2.24. The zero-order chi connectivity index (χ0) is 12.3. The zero-order valence-electron chi connectivity index (χ0n) is 9.90. The molecule has 0 aliphatic heterocycles. The number of hydrogen-bond donors (Lipinski definition) is 0. The Labute approximate surface area is 106 Å². The third-order valence-corrected chi connectivity index (χ3v) is 3.41. The maximum Gasteiger partial charge on any atom is 0.274 e. The fourth-order valence-corrected chi connectivity index (χ4v) is 2.02. The van der Waals surface area contributed by atoms with Crippen molar-refractivity contribution in [3.05, 3.63) is 23.2 Å². The topological polar surface area (TPSA) is 46.1 Å². The fourth-order valence-electron chi connectivity index (χ4n) is 1.93. The van der Waals surface area contributed by atoms with E-state index in [1.54, 1.807) is 0 Å². The van der Waals surface area contributed by atoms with E-state index >= 15 is 0 Å². The van der Waals surface area contributed by atoms with Gasteiger partial charge in [0.2, 0.25) is 0 Å². The number of nitrogens with zero attached hydrogens (tertiary/aromatic N) is 3. The van der Waals surface area contributed by atoms with Crippen molar-refractivity contribution in [2.75, 3.05) is 13.1 Å². The van der Waals surface area contributed by atoms with E-state index in [0.29, 0.717) is 23.3 Å². The van der Waals surface area contributed by atoms with E-state index in [0.717, 1.165) is 6.54 Å². The molecule has 1 aromatic heterocycles. The van der Waals surface area contributed by atoms with Gasteiger partial charge in [-0.1, -0.05) is 18.0 Å². The molecule has 0 radical (unpaired) electrons. The predicted octanol–water partition coefficient (Wildman–Crippen LogP) is 2.39. The van der Waals surface area contributed by atoms with Crippen molar-refractivity contribution in [2.45, 2.75) is 26.2 Å². The summed E-state index contributed by atoms with van der Waals surface area (Å²) in [6.07, 6.45) is 6.60. The lowest BCUT2D eigenvalue weighted by atomic mass is 9.85. The van der Waals surface area contributed by atoms with Crippen molar-refractivity contribution < 1.29 is 4.79 Å². The maximum atomic E-state index is 12.1. The summed E-state index contributed by atoms with van der Waals surface area (Å²) in [6.45, 7) is 3.53. The van der Waals surface area contributed by atoms with Gasteiger partial charge in [0.1, 0.15) is 10.8 Å². The molecule has 0 unspecified atom stereocenters. The van der Waals surface area contributed by atoms with Gasteiger partial charge in [-0.2, -0.15) is 0 Å². The molecule has 4 nitrogen and oxygen atoms in total. The zero-order valence-corrected chi connectivity index (χ0v) is 10.7. The second-order valence-electron chi connectivity index (χ2n) is 4.37. The Morgan fingerprint density at radius 3 is 2.71 bits per heavy atom. The van der Waals surface area contributed by atoms with Crippen molar-refractivity contribution in [2.24, 2.45) is 5.92 Å². The predicted molar refractivity (Wildman–Crippen MR) is 66.0 cm³/mol. The second-order valence-corrected chi connectivity index (χ2v) is 4.75. The molecule has 0 N–H and O–H groups in total. The van der Waals surface area contributed by atoms with Gasteiger partial charge in [-0.3, -0.25) is 4.79 Å². The molecular formula is C12H16ClN3O. The van der Waals surface area contributed by atoms with Gasteiger partial charge in [-0.25, -0.2) is 9.97 Å². The first kappa shape index (κ1) is 12.3. The molecule has 1 aromatic rings. The van der Waals surface area contributed by atoms with Gasteiger partial charge in [-0.15, -0.1) is 0 Å². The van der Waals surface area contributed by atoms with Gasteiger partial charge >= 0.3 is 0 Å². The molecule has 17 heavy (non-hydrogen) atoms. The summed E-state index contributed by atoms with van der Waals surface area (Å²) in [5.74, 6) is 0.614. The van der Waals surface area contributed by atoms with Gasteiger partial charge in [0.25, 0.3) is 5.91 Å². The summed E-state index contributed by atoms with van der Waals surface area (Å²) >= 11 is 5.65. The Kier molecular flexibility index (Phi) is 3.94. The molecule has 0 bridgehead atoms. The monoisotopic (exact) mass is 253 g/mol. The molecule has 1 aliphatic rings. The van der Waals surface area contributed by atoms with Crippen LogP contribution in [0, 0.1) is 5.92 Å². The Morgan fingerprint density at radius 1 is 1.47 bits per heavy atom. The average Bonchev–Trinajstić information content (AvgIpc) is 2.28. The van der Waals surface area contributed by atoms with Crippen molar-refractivity contribution in [1.29, 1.82) is 0 Å². The molecule has 5 heteroatoms. The summed E-state index contributed by atoms with van der Waals surface area (Å²) in [5.41, 5.74) is 0.371. The molecule has 1 fully saturated rings. The first-order valence-electron chi connectivity index (χ1n) is 5.97. The SMILES string of the molecule is CCN(CC1CCC1)C(=O)c1cnc(Cl)cn1. The highest BCUT2D eigenvalue weighted by Crippen LogP contribution is 2.27. The third kappa shape index (κ3) is 2.94. The molecule has 0 saturated heterocycles. The molecule has 2 rings (SSSR count). The van der Waals surface area contributed by atoms with E-state index in [1.807, 2.05) is 11.8 Å². The van der Waals surface area contributed by atoms with E-state index in [1.165, 1.54) is 31.7 Å². The quantitative estimate of drug-likeness (QED) is 0.828. The lowest BCUT2D eigenvalue weighted by Gasteiger charge is -2.31. The lowest BCUT2D eigenvalue weighted by Crippen LogP contribution is -2.37. The van der Waals surface area contributed by atoms with Gasteiger partial charge in [0.05, 0.1) is 12.4 Å². The van der Waals surface area contributed by atoms with E-state index < -0.39 is 0 Å². The van der Waals surface area contributed by atoms with Crippen LogP contribution in [0.25, 0.3) is 0 Å². The van der Waals surface area contributed by atoms with Crippen LogP contribution in [0.1, 0.15) is 36.7 Å². The fraction of sp³-hybridized carbons (Fsp3) is 0.583. The molecule has 1 amide bonds. The third-order valence-electron chi connectivity index (χ3n) is 3.21. The van der Waals surface area contributed by atoms with Gasteiger partial charge in [-0.05, 0) is 25.7 Å². The average molecular weight is 254 g/mol. The standard InChI is InChI=1S/C12H16ClN3O/c1-2-16(8-9-4-3-5-9)12(17)10-6-15-11(13)7-14-10/h6-7,9H,2-5,8H2,1H3. The number of halogens is 1. The van der Waals surface area contributed by atoms with Crippen LogP contribution < -0.4 is 0 Å². The van der Waals surface area contributed by atoms with Crippen LogP contribution in [-0.4, -0.2) is 33.9 Å². The smallest absolute Gasteiger partial charge is 0.274 e. The molecule has 92 valence electrons. The minimum Gasteiger partial charge on any atom is -0.337 e. The Morgan fingerprint density at radius 2 is 2.24 bits per heavy atom. The van der Waals surface area contributed by atoms with Crippen LogP contribution in [0.15, 0.2) is 12.4 Å². The first-order valence-corrected chi connectivity index (χ1v) is 6.35. The van der Waals surface area contributed by atoms with Gasteiger partial charge in [0.15, 0.2) is 0 Å². The van der Waals surface area contributed by atoms with E-state index in [-0.39, 0.29) is 5.91 Å². The minimum atomic E-state index is -0.0523. The second kappa shape index (κ2) is 5.45. The van der Waals surface area contributed by atoms with Gasteiger partial charge < -0.3 is 4.90 Å². The maximum absolute atomic E-state index is 12.1. The minimum absolute atomic E-state index is 0.0523. The van der Waals surface area contributed by atoms with E-state index in [9.17, 15) is 4.79 Å². The Bertz CT molecular complexity index is 389. The summed E-state index contributed by atoms with van der Waals surface area (Å²) < 4.78 is 0. The molecule has 1 heterocycles. The van der Waals surface area contributed by atoms with E-state index in [4.69, 9.17) is 11.6 Å². The summed E-state index contributed by atoms with van der Waals surface area (Å²) in [7, 11) is 0. The van der Waals surface area contributed by atoms with Crippen molar-refractivity contribution in [3.63, 3.8) is 0 Å². The first-order chi connectivity index (χ1) is 8.20. The number of aromatic nitrogens is 2. The van der Waals surface area contributed by atoms with Crippen LogP contribution in [0.5, 0.6) is 0 Å². The largest absolute Gasteiger partial charge is 0.337 e. The summed E-state index contributed by atoms with van der Waals surface area (Å²) in [5, 5.41) is 0.309. The molecule has 0 atom stereocenters. The number of carbonyl (C=O) groups is 1. The number of rotatable bonds is 4. The van der Waals surface area contributed by atoms with Crippen LogP contribution in [-0.2, 0) is 0 Å². The van der Waals surface area contributed by atoms with Crippen LogP contribution in [0.3, 0.4) is 0 Å². The number of carbonyl (C=O) groups excluding carboxylic acids is 1. The molecule has 1 aliphatic carbocycles. The van der Waals surface area contributed by atoms with E-state index in [2.05, 4.69) is 9.97 Å². The van der Waals surface area contributed by atoms with Gasteiger partial charge in [0, 0.05) is 13.1 Å². The summed E-state index contributed by atoms with van der Waals surface area (Å²) in [4.78, 5) is 21.9. The number of hydrogen-bond acceptors (Lipinski definition) is 3. The van der Waals surface area contributed by atoms with Crippen molar-refractivity contribution in [1.82, 2.24) is 14.9 Å². The highest BCUT2D eigenvalue weighted by molar-refractivity contribution is 6.29. The molecular weight excluding hydrogens is 238 g/mol. The Balaban J connectivity index is 2.02. The highest BCUT2D eigenvalue weighted by atomic mass is 35.5. The van der Waals surface area contributed by atoms with Crippen molar-refractivity contribution >= 4 is 17.5 Å². The Hall–Kier alpha value is -1.16. The van der Waals surface area contributed by atoms with Crippen LogP contribution in [0.4, 0.5) is 0 Å². The van der Waals surface area contributed by atoms with Crippen LogP contribution in [0.2, 0.25) is 5.15 Å². The number of amides is 1. The lowest BCUT2D eigenvalue weighted by molar-refractivity contribution is 0.0700. The molecule has 0 aromatic carbocycles. The van der Waals surface area contributed by atoms with Crippen LogP contribution >= 0.6 is 11.6 Å². The summed E-state index contributed by atoms with van der Waals surface area (Å²) in [6, 6.07) is 0.